The second-order valence-electron chi connectivity index (χ2n) is 5.69. The van der Waals surface area contributed by atoms with Gasteiger partial charge in [-0.1, -0.05) is 6.92 Å². The van der Waals surface area contributed by atoms with Gasteiger partial charge in [0.25, 0.3) is 0 Å². The smallest absolute Gasteiger partial charge is 0.389 e. The Morgan fingerprint density at radius 2 is 2.00 bits per heavy atom. The van der Waals surface area contributed by atoms with E-state index in [1.165, 1.54) is 0 Å². The van der Waals surface area contributed by atoms with Crippen molar-refractivity contribution in [3.05, 3.63) is 18.0 Å². The molecule has 0 fully saturated rings. The fourth-order valence-corrected chi connectivity index (χ4v) is 2.05. The van der Waals surface area contributed by atoms with Crippen LogP contribution in [0.5, 0.6) is 0 Å². The van der Waals surface area contributed by atoms with E-state index in [4.69, 9.17) is 0 Å². The predicted octanol–water partition coefficient (Wildman–Crippen LogP) is 3.88. The molecule has 0 aliphatic rings. The summed E-state index contributed by atoms with van der Waals surface area (Å²) in [4.78, 5) is 0. The molecule has 1 aromatic rings. The zero-order valence-electron chi connectivity index (χ0n) is 12.2. The first-order chi connectivity index (χ1) is 9.13. The van der Waals surface area contributed by atoms with Crippen LogP contribution in [0.25, 0.3) is 0 Å². The SMILES string of the molecule is CCC(C)n1ccc(CC(C)(O)CCCC(F)(F)F)n1. The number of rotatable bonds is 7. The molecule has 116 valence electrons. The van der Waals surface area contributed by atoms with Crippen molar-refractivity contribution in [3.63, 3.8) is 0 Å². The van der Waals surface area contributed by atoms with Gasteiger partial charge in [-0.05, 0) is 39.2 Å². The Morgan fingerprint density at radius 1 is 1.35 bits per heavy atom. The van der Waals surface area contributed by atoms with Crippen LogP contribution in [0.4, 0.5) is 13.2 Å². The lowest BCUT2D eigenvalue weighted by Gasteiger charge is -2.22. The summed E-state index contributed by atoms with van der Waals surface area (Å²) in [6.45, 7) is 5.66. The molecule has 6 heteroatoms. The topological polar surface area (TPSA) is 38.0 Å². The Bertz CT molecular complexity index is 413. The molecule has 0 aliphatic heterocycles. The summed E-state index contributed by atoms with van der Waals surface area (Å²) in [6, 6.07) is 2.09. The Hall–Kier alpha value is -1.04. The first kappa shape index (κ1) is 17.0. The number of alkyl halides is 3. The van der Waals surface area contributed by atoms with E-state index in [2.05, 4.69) is 12.0 Å². The molecule has 0 bridgehead atoms. The van der Waals surface area contributed by atoms with Gasteiger partial charge in [-0.2, -0.15) is 18.3 Å². The average Bonchev–Trinajstić information content (AvgIpc) is 2.73. The van der Waals surface area contributed by atoms with E-state index in [1.807, 2.05) is 23.9 Å². The zero-order valence-corrected chi connectivity index (χ0v) is 12.2. The molecule has 2 unspecified atom stereocenters. The highest BCUT2D eigenvalue weighted by Crippen LogP contribution is 2.26. The van der Waals surface area contributed by atoms with Gasteiger partial charge in [-0.3, -0.25) is 4.68 Å². The van der Waals surface area contributed by atoms with Gasteiger partial charge in [-0.15, -0.1) is 0 Å². The van der Waals surface area contributed by atoms with Gasteiger partial charge in [0.15, 0.2) is 0 Å². The Morgan fingerprint density at radius 3 is 2.55 bits per heavy atom. The van der Waals surface area contributed by atoms with Crippen LogP contribution in [0.15, 0.2) is 12.3 Å². The number of aliphatic hydroxyl groups is 1. The number of halogens is 3. The van der Waals surface area contributed by atoms with Crippen LogP contribution >= 0.6 is 0 Å². The van der Waals surface area contributed by atoms with Gasteiger partial charge < -0.3 is 5.11 Å². The molecule has 2 atom stereocenters. The average molecular weight is 292 g/mol. The third kappa shape index (κ3) is 5.94. The minimum atomic E-state index is -4.16. The van der Waals surface area contributed by atoms with Crippen molar-refractivity contribution in [3.8, 4) is 0 Å². The van der Waals surface area contributed by atoms with Gasteiger partial charge in [0.05, 0.1) is 11.3 Å². The number of hydrogen-bond donors (Lipinski definition) is 1. The van der Waals surface area contributed by atoms with Crippen LogP contribution in [0, 0.1) is 0 Å². The van der Waals surface area contributed by atoms with E-state index in [0.29, 0.717) is 5.69 Å². The van der Waals surface area contributed by atoms with E-state index in [0.717, 1.165) is 6.42 Å². The molecule has 1 heterocycles. The van der Waals surface area contributed by atoms with Crippen LogP contribution in [0.2, 0.25) is 0 Å². The summed E-state index contributed by atoms with van der Waals surface area (Å²) >= 11 is 0. The first-order valence-electron chi connectivity index (χ1n) is 6.96. The highest BCUT2D eigenvalue weighted by Gasteiger charge is 2.29. The predicted molar refractivity (Wildman–Crippen MR) is 71.5 cm³/mol. The third-order valence-electron chi connectivity index (χ3n) is 3.44. The van der Waals surface area contributed by atoms with Crippen molar-refractivity contribution in [2.45, 2.75) is 70.7 Å². The molecular weight excluding hydrogens is 269 g/mol. The Labute approximate surface area is 117 Å². The highest BCUT2D eigenvalue weighted by atomic mass is 19.4. The zero-order chi connectivity index (χ0) is 15.4. The summed E-state index contributed by atoms with van der Waals surface area (Å²) in [5.41, 5.74) is -0.442. The largest absolute Gasteiger partial charge is 0.390 e. The monoisotopic (exact) mass is 292 g/mol. The maximum Gasteiger partial charge on any atom is 0.389 e. The fourth-order valence-electron chi connectivity index (χ4n) is 2.05. The van der Waals surface area contributed by atoms with E-state index >= 15 is 0 Å². The van der Waals surface area contributed by atoms with Gasteiger partial charge >= 0.3 is 6.18 Å². The molecule has 1 aromatic heterocycles. The molecule has 3 nitrogen and oxygen atoms in total. The standard InChI is InChI=1S/C14H23F3N2O/c1-4-11(2)19-9-6-12(18-19)10-13(3,20)7-5-8-14(15,16)17/h6,9,11,20H,4-5,7-8,10H2,1-3H3. The lowest BCUT2D eigenvalue weighted by molar-refractivity contribution is -0.137. The summed E-state index contributed by atoms with van der Waals surface area (Å²) in [5.74, 6) is 0. The van der Waals surface area contributed by atoms with Crippen LogP contribution in [0.3, 0.4) is 0 Å². The van der Waals surface area contributed by atoms with Crippen molar-refractivity contribution in [1.82, 2.24) is 9.78 Å². The quantitative estimate of drug-likeness (QED) is 0.828. The van der Waals surface area contributed by atoms with Gasteiger partial charge in [0.1, 0.15) is 0 Å². The van der Waals surface area contributed by atoms with Crippen LogP contribution in [0.1, 0.15) is 58.2 Å². The van der Waals surface area contributed by atoms with Crippen LogP contribution < -0.4 is 0 Å². The number of nitrogens with zero attached hydrogens (tertiary/aromatic N) is 2. The van der Waals surface area contributed by atoms with Crippen molar-refractivity contribution in [2.75, 3.05) is 0 Å². The van der Waals surface area contributed by atoms with Crippen molar-refractivity contribution >= 4 is 0 Å². The minimum absolute atomic E-state index is 0.0669. The van der Waals surface area contributed by atoms with Crippen molar-refractivity contribution in [1.29, 1.82) is 0 Å². The maximum atomic E-state index is 12.1. The van der Waals surface area contributed by atoms with Gasteiger partial charge in [-0.25, -0.2) is 0 Å². The first-order valence-corrected chi connectivity index (χ1v) is 6.96. The minimum Gasteiger partial charge on any atom is -0.390 e. The Kier molecular flexibility index (Phi) is 5.62. The molecule has 0 saturated carbocycles. The molecule has 20 heavy (non-hydrogen) atoms. The van der Waals surface area contributed by atoms with E-state index < -0.39 is 18.2 Å². The van der Waals surface area contributed by atoms with Gasteiger partial charge in [0, 0.05) is 25.1 Å². The molecule has 0 saturated heterocycles. The lowest BCUT2D eigenvalue weighted by Crippen LogP contribution is -2.28. The second-order valence-corrected chi connectivity index (χ2v) is 5.69. The highest BCUT2D eigenvalue weighted by molar-refractivity contribution is 5.03. The normalized spacial score (nSPS) is 16.9. The number of aromatic nitrogens is 2. The molecule has 1 N–H and O–H groups in total. The number of hydrogen-bond acceptors (Lipinski definition) is 2. The van der Waals surface area contributed by atoms with Crippen LogP contribution in [-0.4, -0.2) is 26.7 Å². The summed E-state index contributed by atoms with van der Waals surface area (Å²) in [6.07, 6.45) is -1.91. The summed E-state index contributed by atoms with van der Waals surface area (Å²) in [5, 5.41) is 14.5. The van der Waals surface area contributed by atoms with Gasteiger partial charge in [0.2, 0.25) is 0 Å². The third-order valence-corrected chi connectivity index (χ3v) is 3.44. The maximum absolute atomic E-state index is 12.1. The summed E-state index contributed by atoms with van der Waals surface area (Å²) in [7, 11) is 0. The second kappa shape index (κ2) is 6.61. The molecular formula is C14H23F3N2O. The van der Waals surface area contributed by atoms with Crippen LogP contribution in [-0.2, 0) is 6.42 Å². The fraction of sp³-hybridized carbons (Fsp3) is 0.786. The molecule has 1 rings (SSSR count). The lowest BCUT2D eigenvalue weighted by atomic mass is 9.93. The molecule has 0 amide bonds. The van der Waals surface area contributed by atoms with E-state index in [9.17, 15) is 18.3 Å². The Balaban J connectivity index is 2.51. The van der Waals surface area contributed by atoms with E-state index in [-0.39, 0.29) is 25.3 Å². The summed E-state index contributed by atoms with van der Waals surface area (Å²) < 4.78 is 38.1. The molecule has 0 radical (unpaired) electrons. The molecule has 0 aliphatic carbocycles. The van der Waals surface area contributed by atoms with Crippen molar-refractivity contribution < 1.29 is 18.3 Å². The molecule has 0 aromatic carbocycles. The van der Waals surface area contributed by atoms with E-state index in [1.54, 1.807) is 6.92 Å². The van der Waals surface area contributed by atoms with Crippen molar-refractivity contribution in [2.24, 2.45) is 0 Å². The molecule has 0 spiro atoms.